The highest BCUT2D eigenvalue weighted by molar-refractivity contribution is 5.67. The number of phenolic OH excluding ortho intramolecular Hbond substituents is 2. The second kappa shape index (κ2) is 7.65. The third-order valence-corrected chi connectivity index (χ3v) is 4.24. The Balaban J connectivity index is 1.53. The van der Waals surface area contributed by atoms with Crippen molar-refractivity contribution in [1.29, 1.82) is 0 Å². The van der Waals surface area contributed by atoms with E-state index in [4.69, 9.17) is 0 Å². The van der Waals surface area contributed by atoms with Gasteiger partial charge in [0.1, 0.15) is 11.5 Å². The van der Waals surface area contributed by atoms with Crippen LogP contribution in [0.3, 0.4) is 0 Å². The summed E-state index contributed by atoms with van der Waals surface area (Å²) >= 11 is 0. The Morgan fingerprint density at radius 3 is 1.32 bits per heavy atom. The molecule has 0 fully saturated rings. The van der Waals surface area contributed by atoms with Crippen LogP contribution in [0.15, 0.2) is 85.2 Å². The number of benzene rings is 2. The minimum Gasteiger partial charge on any atom is -0.507 e. The second-order valence-electron chi connectivity index (χ2n) is 6.15. The number of hydrogen-bond donors (Lipinski definition) is 2. The molecule has 0 atom stereocenters. The number of para-hydroxylation sites is 2. The first-order chi connectivity index (χ1) is 13.7. The summed E-state index contributed by atoms with van der Waals surface area (Å²) in [7, 11) is 0. The molecule has 0 radical (unpaired) electrons. The van der Waals surface area contributed by atoms with Crippen LogP contribution in [0.25, 0.3) is 22.5 Å². The van der Waals surface area contributed by atoms with E-state index in [1.165, 1.54) is 0 Å². The van der Waals surface area contributed by atoms with E-state index in [2.05, 4.69) is 21.8 Å². The second-order valence-corrected chi connectivity index (χ2v) is 6.15. The van der Waals surface area contributed by atoms with E-state index < -0.39 is 0 Å². The molecule has 4 aromatic rings. The van der Waals surface area contributed by atoms with Crippen LogP contribution < -0.4 is 0 Å². The van der Waals surface area contributed by atoms with Gasteiger partial charge in [-0.25, -0.2) is 0 Å². The maximum Gasteiger partial charge on any atom is 0.124 e. The highest BCUT2D eigenvalue weighted by atomic mass is 16.3. The fourth-order valence-electron chi connectivity index (χ4n) is 2.78. The minimum atomic E-state index is 0.199. The predicted octanol–water partition coefficient (Wildman–Crippen LogP) is 4.62. The molecule has 0 amide bonds. The summed E-state index contributed by atoms with van der Waals surface area (Å²) in [4.78, 5) is 8.76. The van der Waals surface area contributed by atoms with Crippen LogP contribution in [-0.2, 0) is 0 Å². The number of pyridine rings is 2. The number of rotatable bonds is 2. The molecule has 2 aromatic carbocycles. The van der Waals surface area contributed by atoms with E-state index in [0.717, 1.165) is 11.1 Å². The van der Waals surface area contributed by atoms with Crippen LogP contribution in [0.1, 0.15) is 11.1 Å². The molecule has 0 aliphatic heterocycles. The van der Waals surface area contributed by atoms with Gasteiger partial charge in [-0.05, 0) is 48.5 Å². The van der Waals surface area contributed by atoms with Gasteiger partial charge in [0, 0.05) is 34.6 Å². The van der Waals surface area contributed by atoms with Gasteiger partial charge in [-0.1, -0.05) is 36.1 Å². The molecule has 4 heteroatoms. The standard InChI is InChI=1S/C24H16N2O2/c27-23-7-3-1-5-19(23)21-13-11-17(15-25-21)9-10-18-12-14-22(26-16-18)20-6-2-4-8-24(20)28/h1-8,11-16,27-28H. The first-order valence-electron chi connectivity index (χ1n) is 8.71. The lowest BCUT2D eigenvalue weighted by atomic mass is 10.1. The Hall–Kier alpha value is -4.10. The van der Waals surface area contributed by atoms with Gasteiger partial charge in [0.05, 0.1) is 11.4 Å². The van der Waals surface area contributed by atoms with Gasteiger partial charge < -0.3 is 10.2 Å². The third kappa shape index (κ3) is 3.69. The average molecular weight is 364 g/mol. The molecule has 0 aliphatic rings. The van der Waals surface area contributed by atoms with Crippen molar-refractivity contribution >= 4 is 0 Å². The zero-order valence-corrected chi connectivity index (χ0v) is 14.9. The normalized spacial score (nSPS) is 10.1. The highest BCUT2D eigenvalue weighted by Crippen LogP contribution is 2.27. The predicted molar refractivity (Wildman–Crippen MR) is 109 cm³/mol. The van der Waals surface area contributed by atoms with Gasteiger partial charge in [0.15, 0.2) is 0 Å². The van der Waals surface area contributed by atoms with E-state index in [9.17, 15) is 10.2 Å². The van der Waals surface area contributed by atoms with Crippen molar-refractivity contribution in [3.63, 3.8) is 0 Å². The fraction of sp³-hybridized carbons (Fsp3) is 0. The van der Waals surface area contributed by atoms with E-state index in [1.54, 1.807) is 36.7 Å². The molecule has 4 nitrogen and oxygen atoms in total. The summed E-state index contributed by atoms with van der Waals surface area (Å²) in [5.74, 6) is 6.52. The maximum atomic E-state index is 9.92. The molecule has 4 rings (SSSR count). The largest absolute Gasteiger partial charge is 0.507 e. The lowest BCUT2D eigenvalue weighted by Gasteiger charge is -2.03. The molecule has 0 saturated carbocycles. The summed E-state index contributed by atoms with van der Waals surface area (Å²) in [6, 6.07) is 21.6. The Labute approximate surface area is 162 Å². The van der Waals surface area contributed by atoms with Gasteiger partial charge in [-0.2, -0.15) is 0 Å². The molecule has 2 heterocycles. The van der Waals surface area contributed by atoms with E-state index >= 15 is 0 Å². The maximum absolute atomic E-state index is 9.92. The summed E-state index contributed by atoms with van der Waals surface area (Å²) in [6.07, 6.45) is 3.36. The molecule has 2 N–H and O–H groups in total. The van der Waals surface area contributed by atoms with Crippen LogP contribution >= 0.6 is 0 Å². The lowest BCUT2D eigenvalue weighted by Crippen LogP contribution is -1.86. The van der Waals surface area contributed by atoms with E-state index in [0.29, 0.717) is 22.5 Å². The van der Waals surface area contributed by atoms with Crippen molar-refractivity contribution in [3.05, 3.63) is 96.3 Å². The molecule has 0 saturated heterocycles. The van der Waals surface area contributed by atoms with Gasteiger partial charge in [-0.15, -0.1) is 0 Å². The van der Waals surface area contributed by atoms with Crippen LogP contribution in [0.4, 0.5) is 0 Å². The topological polar surface area (TPSA) is 66.2 Å². The van der Waals surface area contributed by atoms with Crippen LogP contribution in [0.5, 0.6) is 11.5 Å². The van der Waals surface area contributed by atoms with Crippen molar-refractivity contribution in [3.8, 4) is 45.9 Å². The van der Waals surface area contributed by atoms with Crippen molar-refractivity contribution in [1.82, 2.24) is 9.97 Å². The zero-order valence-electron chi connectivity index (χ0n) is 14.9. The quantitative estimate of drug-likeness (QED) is 0.509. The molecule has 0 aliphatic carbocycles. The number of hydrogen-bond acceptors (Lipinski definition) is 4. The minimum absolute atomic E-state index is 0.199. The summed E-state index contributed by atoms with van der Waals surface area (Å²) in [5.41, 5.74) is 4.29. The summed E-state index contributed by atoms with van der Waals surface area (Å²) in [5, 5.41) is 19.8. The summed E-state index contributed by atoms with van der Waals surface area (Å²) in [6.45, 7) is 0. The Kier molecular flexibility index (Phi) is 4.73. The number of aromatic hydroxyl groups is 2. The Morgan fingerprint density at radius 1 is 0.536 bits per heavy atom. The SMILES string of the molecule is Oc1ccccc1-c1ccc(C#Cc2ccc(-c3ccccc3O)nc2)cn1. The number of phenols is 2. The molecular formula is C24H16N2O2. The van der Waals surface area contributed by atoms with E-state index in [1.807, 2.05) is 48.5 Å². The molecule has 28 heavy (non-hydrogen) atoms. The first kappa shape index (κ1) is 17.3. The molecule has 2 aromatic heterocycles. The molecular weight excluding hydrogens is 348 g/mol. The van der Waals surface area contributed by atoms with Crippen LogP contribution in [0, 0.1) is 11.8 Å². The smallest absolute Gasteiger partial charge is 0.124 e. The van der Waals surface area contributed by atoms with Gasteiger partial charge >= 0.3 is 0 Å². The van der Waals surface area contributed by atoms with Gasteiger partial charge in [-0.3, -0.25) is 9.97 Å². The highest BCUT2D eigenvalue weighted by Gasteiger charge is 2.05. The van der Waals surface area contributed by atoms with E-state index in [-0.39, 0.29) is 11.5 Å². The molecule has 0 spiro atoms. The Morgan fingerprint density at radius 2 is 0.964 bits per heavy atom. The van der Waals surface area contributed by atoms with Crippen molar-refractivity contribution in [2.45, 2.75) is 0 Å². The number of nitrogens with zero attached hydrogens (tertiary/aromatic N) is 2. The fourth-order valence-corrected chi connectivity index (χ4v) is 2.78. The van der Waals surface area contributed by atoms with Crippen molar-refractivity contribution in [2.75, 3.05) is 0 Å². The first-order valence-corrected chi connectivity index (χ1v) is 8.71. The van der Waals surface area contributed by atoms with Crippen molar-refractivity contribution in [2.24, 2.45) is 0 Å². The molecule has 0 unspecified atom stereocenters. The van der Waals surface area contributed by atoms with Crippen molar-refractivity contribution < 1.29 is 10.2 Å². The average Bonchev–Trinajstić information content (AvgIpc) is 2.74. The molecule has 0 bridgehead atoms. The number of aromatic nitrogens is 2. The Bertz CT molecular complexity index is 1080. The van der Waals surface area contributed by atoms with Crippen LogP contribution in [0.2, 0.25) is 0 Å². The van der Waals surface area contributed by atoms with Crippen LogP contribution in [-0.4, -0.2) is 20.2 Å². The zero-order chi connectivity index (χ0) is 19.3. The third-order valence-electron chi connectivity index (χ3n) is 4.24. The van der Waals surface area contributed by atoms with Gasteiger partial charge in [0.2, 0.25) is 0 Å². The monoisotopic (exact) mass is 364 g/mol. The summed E-state index contributed by atoms with van der Waals surface area (Å²) < 4.78 is 0. The van der Waals surface area contributed by atoms with Gasteiger partial charge in [0.25, 0.3) is 0 Å². The lowest BCUT2D eigenvalue weighted by molar-refractivity contribution is 0.476. The molecule has 134 valence electrons.